The number of rotatable bonds is 5. The van der Waals surface area contributed by atoms with Gasteiger partial charge in [-0.15, -0.1) is 0 Å². The van der Waals surface area contributed by atoms with Crippen LogP contribution >= 0.6 is 11.3 Å². The SMILES string of the molecule is COC(=O)NCCCc1nc(-c2ccsc2)no1. The number of nitrogens with one attached hydrogen (secondary N) is 1. The topological polar surface area (TPSA) is 77.2 Å². The van der Waals surface area contributed by atoms with Gasteiger partial charge in [0.15, 0.2) is 0 Å². The molecule has 18 heavy (non-hydrogen) atoms. The highest BCUT2D eigenvalue weighted by Gasteiger charge is 2.08. The van der Waals surface area contributed by atoms with Gasteiger partial charge in [0.1, 0.15) is 0 Å². The number of aryl methyl sites for hydroxylation is 1. The number of aromatic nitrogens is 2. The molecule has 96 valence electrons. The number of methoxy groups -OCH3 is 1. The van der Waals surface area contributed by atoms with Crippen molar-refractivity contribution in [2.45, 2.75) is 12.8 Å². The standard InChI is InChI=1S/C11H13N3O3S/c1-16-11(15)12-5-2-3-9-13-10(14-17-9)8-4-6-18-7-8/h4,6-7H,2-3,5H2,1H3,(H,12,15). The molecule has 0 saturated carbocycles. The highest BCUT2D eigenvalue weighted by Crippen LogP contribution is 2.18. The van der Waals surface area contributed by atoms with Crippen molar-refractivity contribution < 1.29 is 14.1 Å². The molecule has 0 radical (unpaired) electrons. The van der Waals surface area contributed by atoms with Gasteiger partial charge < -0.3 is 14.6 Å². The minimum Gasteiger partial charge on any atom is -0.453 e. The van der Waals surface area contributed by atoms with Gasteiger partial charge in [0.25, 0.3) is 0 Å². The zero-order valence-corrected chi connectivity index (χ0v) is 10.7. The quantitative estimate of drug-likeness (QED) is 0.839. The van der Waals surface area contributed by atoms with Gasteiger partial charge in [-0.1, -0.05) is 5.16 Å². The van der Waals surface area contributed by atoms with E-state index in [1.54, 1.807) is 11.3 Å². The Kier molecular flexibility index (Phi) is 4.30. The highest BCUT2D eigenvalue weighted by molar-refractivity contribution is 7.08. The second-order valence-corrected chi connectivity index (χ2v) is 4.33. The van der Waals surface area contributed by atoms with E-state index in [0.29, 0.717) is 24.7 Å². The zero-order chi connectivity index (χ0) is 12.8. The molecule has 0 saturated heterocycles. The molecular weight excluding hydrogens is 254 g/mol. The van der Waals surface area contributed by atoms with Gasteiger partial charge in [-0.3, -0.25) is 0 Å². The average Bonchev–Trinajstić information content (AvgIpc) is 3.04. The second-order valence-electron chi connectivity index (χ2n) is 3.55. The van der Waals surface area contributed by atoms with Crippen molar-refractivity contribution >= 4 is 17.4 Å². The third-order valence-corrected chi connectivity index (χ3v) is 2.95. The van der Waals surface area contributed by atoms with Gasteiger partial charge in [0, 0.05) is 23.9 Å². The summed E-state index contributed by atoms with van der Waals surface area (Å²) in [6.45, 7) is 0.517. The lowest BCUT2D eigenvalue weighted by atomic mass is 10.3. The van der Waals surface area contributed by atoms with Gasteiger partial charge in [-0.05, 0) is 17.9 Å². The first kappa shape index (κ1) is 12.6. The van der Waals surface area contributed by atoms with E-state index < -0.39 is 6.09 Å². The molecule has 0 bridgehead atoms. The lowest BCUT2D eigenvalue weighted by Crippen LogP contribution is -2.24. The Morgan fingerprint density at radius 2 is 2.50 bits per heavy atom. The van der Waals surface area contributed by atoms with Crippen molar-refractivity contribution in [3.05, 3.63) is 22.7 Å². The maximum absolute atomic E-state index is 10.8. The Hall–Kier alpha value is -1.89. The summed E-state index contributed by atoms with van der Waals surface area (Å²) in [5, 5.41) is 10.4. The van der Waals surface area contributed by atoms with E-state index in [2.05, 4.69) is 20.2 Å². The number of alkyl carbamates (subject to hydrolysis) is 1. The summed E-state index contributed by atoms with van der Waals surface area (Å²) in [6, 6.07) is 1.94. The largest absolute Gasteiger partial charge is 0.453 e. The van der Waals surface area contributed by atoms with Crippen LogP contribution in [0.25, 0.3) is 11.4 Å². The molecule has 2 heterocycles. The molecule has 0 aliphatic rings. The second kappa shape index (κ2) is 6.15. The van der Waals surface area contributed by atoms with E-state index >= 15 is 0 Å². The lowest BCUT2D eigenvalue weighted by molar-refractivity contribution is 0.171. The predicted molar refractivity (Wildman–Crippen MR) is 66.3 cm³/mol. The molecular formula is C11H13N3O3S. The molecule has 2 rings (SSSR count). The fourth-order valence-electron chi connectivity index (χ4n) is 1.37. The summed E-state index contributed by atoms with van der Waals surface area (Å²) in [7, 11) is 1.33. The van der Waals surface area contributed by atoms with Gasteiger partial charge in [0.2, 0.25) is 11.7 Å². The minimum absolute atomic E-state index is 0.431. The van der Waals surface area contributed by atoms with Crippen molar-refractivity contribution in [3.8, 4) is 11.4 Å². The van der Waals surface area contributed by atoms with Gasteiger partial charge in [0.05, 0.1) is 7.11 Å². The van der Waals surface area contributed by atoms with Gasteiger partial charge >= 0.3 is 6.09 Å². The first-order valence-corrected chi connectivity index (χ1v) is 6.41. The third kappa shape index (κ3) is 3.30. The molecule has 0 fully saturated rings. The van der Waals surface area contributed by atoms with E-state index in [9.17, 15) is 4.79 Å². The summed E-state index contributed by atoms with van der Waals surface area (Å²) in [4.78, 5) is 15.1. The van der Waals surface area contributed by atoms with E-state index in [-0.39, 0.29) is 0 Å². The van der Waals surface area contributed by atoms with E-state index in [4.69, 9.17) is 4.52 Å². The molecule has 0 atom stereocenters. The first-order chi connectivity index (χ1) is 8.79. The number of hydrogen-bond donors (Lipinski definition) is 1. The number of carbonyl (C=O) groups is 1. The Balaban J connectivity index is 1.79. The van der Waals surface area contributed by atoms with E-state index in [0.717, 1.165) is 12.0 Å². The van der Waals surface area contributed by atoms with E-state index in [1.165, 1.54) is 7.11 Å². The van der Waals surface area contributed by atoms with Crippen molar-refractivity contribution in [3.63, 3.8) is 0 Å². The van der Waals surface area contributed by atoms with Crippen LogP contribution in [0.15, 0.2) is 21.3 Å². The Bertz CT molecular complexity index is 495. The maximum atomic E-state index is 10.8. The molecule has 1 amide bonds. The number of amides is 1. The van der Waals surface area contributed by atoms with Crippen LogP contribution in [0.1, 0.15) is 12.3 Å². The Morgan fingerprint density at radius 3 is 3.22 bits per heavy atom. The predicted octanol–water partition coefficient (Wildman–Crippen LogP) is 2.09. The molecule has 0 aliphatic heterocycles. The van der Waals surface area contributed by atoms with Crippen LogP contribution in [0.5, 0.6) is 0 Å². The summed E-state index contributed by atoms with van der Waals surface area (Å²) in [5.41, 5.74) is 0.961. The number of ether oxygens (including phenoxy) is 1. The van der Waals surface area contributed by atoms with Crippen LogP contribution in [0, 0.1) is 0 Å². The number of carbonyl (C=O) groups excluding carboxylic acids is 1. The molecule has 0 aliphatic carbocycles. The smallest absolute Gasteiger partial charge is 0.406 e. The van der Waals surface area contributed by atoms with E-state index in [1.807, 2.05) is 16.8 Å². The molecule has 2 aromatic rings. The van der Waals surface area contributed by atoms with Crippen LogP contribution in [-0.2, 0) is 11.2 Å². The number of hydrogen-bond acceptors (Lipinski definition) is 6. The fraction of sp³-hybridized carbons (Fsp3) is 0.364. The van der Waals surface area contributed by atoms with Gasteiger partial charge in [-0.25, -0.2) is 4.79 Å². The van der Waals surface area contributed by atoms with Crippen molar-refractivity contribution in [2.75, 3.05) is 13.7 Å². The summed E-state index contributed by atoms with van der Waals surface area (Å²) >= 11 is 1.59. The molecule has 1 N–H and O–H groups in total. The van der Waals surface area contributed by atoms with Crippen LogP contribution in [0.3, 0.4) is 0 Å². The number of thiophene rings is 1. The Morgan fingerprint density at radius 1 is 1.61 bits per heavy atom. The van der Waals surface area contributed by atoms with Crippen LogP contribution in [0.4, 0.5) is 4.79 Å². The van der Waals surface area contributed by atoms with Crippen LogP contribution < -0.4 is 5.32 Å². The molecule has 7 heteroatoms. The minimum atomic E-state index is -0.431. The third-order valence-electron chi connectivity index (χ3n) is 2.27. The molecule has 0 unspecified atom stereocenters. The highest BCUT2D eigenvalue weighted by atomic mass is 32.1. The molecule has 2 aromatic heterocycles. The summed E-state index contributed by atoms with van der Waals surface area (Å²) in [5.74, 6) is 1.18. The van der Waals surface area contributed by atoms with Crippen molar-refractivity contribution in [1.29, 1.82) is 0 Å². The lowest BCUT2D eigenvalue weighted by Gasteiger charge is -2.00. The molecule has 6 nitrogen and oxygen atoms in total. The Labute approximate surface area is 108 Å². The van der Waals surface area contributed by atoms with Crippen LogP contribution in [-0.4, -0.2) is 29.9 Å². The summed E-state index contributed by atoms with van der Waals surface area (Å²) < 4.78 is 9.58. The van der Waals surface area contributed by atoms with Crippen molar-refractivity contribution in [1.82, 2.24) is 15.5 Å². The first-order valence-electron chi connectivity index (χ1n) is 5.46. The molecule has 0 spiro atoms. The van der Waals surface area contributed by atoms with Crippen molar-refractivity contribution in [2.24, 2.45) is 0 Å². The normalized spacial score (nSPS) is 10.3. The molecule has 0 aromatic carbocycles. The van der Waals surface area contributed by atoms with Gasteiger partial charge in [-0.2, -0.15) is 16.3 Å². The monoisotopic (exact) mass is 267 g/mol. The average molecular weight is 267 g/mol. The number of nitrogens with zero attached hydrogens (tertiary/aromatic N) is 2. The fourth-order valence-corrected chi connectivity index (χ4v) is 2.00. The zero-order valence-electron chi connectivity index (χ0n) is 9.88. The summed E-state index contributed by atoms with van der Waals surface area (Å²) in [6.07, 6.45) is 0.918. The van der Waals surface area contributed by atoms with Crippen LogP contribution in [0.2, 0.25) is 0 Å². The maximum Gasteiger partial charge on any atom is 0.406 e.